The quantitative estimate of drug-likeness (QED) is 0.760. The Morgan fingerprint density at radius 2 is 1.67 bits per heavy atom. The Labute approximate surface area is 158 Å². The molecular formula is C20H24N2O5. The maximum atomic E-state index is 12.4. The van der Waals surface area contributed by atoms with Crippen molar-refractivity contribution < 1.29 is 23.9 Å². The van der Waals surface area contributed by atoms with E-state index >= 15 is 0 Å². The first-order valence-electron chi connectivity index (χ1n) is 8.60. The minimum atomic E-state index is -0.992. The number of carbonyl (C=O) groups is 3. The van der Waals surface area contributed by atoms with Gasteiger partial charge in [-0.3, -0.25) is 4.79 Å². The molecule has 1 aromatic heterocycles. The number of carbonyl (C=O) groups excluding carboxylic acids is 3. The molecule has 0 aliphatic heterocycles. The number of nitrogens with one attached hydrogen (secondary N) is 2. The maximum absolute atomic E-state index is 12.4. The zero-order valence-corrected chi connectivity index (χ0v) is 16.1. The molecule has 0 saturated heterocycles. The van der Waals surface area contributed by atoms with Crippen molar-refractivity contribution in [2.45, 2.75) is 39.8 Å². The van der Waals surface area contributed by atoms with E-state index < -0.39 is 23.9 Å². The lowest BCUT2D eigenvalue weighted by Crippen LogP contribution is -2.37. The van der Waals surface area contributed by atoms with Crippen LogP contribution in [0.4, 0.5) is 0 Å². The van der Waals surface area contributed by atoms with E-state index in [9.17, 15) is 14.4 Å². The van der Waals surface area contributed by atoms with Crippen LogP contribution in [-0.4, -0.2) is 36.0 Å². The van der Waals surface area contributed by atoms with Gasteiger partial charge >= 0.3 is 11.9 Å². The zero-order chi connectivity index (χ0) is 20.1. The van der Waals surface area contributed by atoms with Crippen LogP contribution in [0.15, 0.2) is 30.3 Å². The topological polar surface area (TPSA) is 97.5 Å². The summed E-state index contributed by atoms with van der Waals surface area (Å²) in [5.74, 6) is -1.66. The summed E-state index contributed by atoms with van der Waals surface area (Å²) in [7, 11) is 1.27. The molecule has 1 amide bonds. The van der Waals surface area contributed by atoms with Crippen molar-refractivity contribution in [1.82, 2.24) is 10.3 Å². The highest BCUT2D eigenvalue weighted by molar-refractivity contribution is 5.99. The number of amides is 1. The third kappa shape index (κ3) is 4.55. The number of hydrogen-bond donors (Lipinski definition) is 2. The molecule has 0 unspecified atom stereocenters. The molecule has 2 aromatic rings. The number of aryl methyl sites for hydroxylation is 1. The van der Waals surface area contributed by atoms with E-state index in [0.717, 1.165) is 5.56 Å². The molecule has 0 spiro atoms. The van der Waals surface area contributed by atoms with Gasteiger partial charge in [0.2, 0.25) is 0 Å². The number of ether oxygens (including phenoxy) is 2. The van der Waals surface area contributed by atoms with Gasteiger partial charge in [-0.1, -0.05) is 30.3 Å². The number of rotatable bonds is 6. The number of methoxy groups -OCH3 is 1. The lowest BCUT2D eigenvalue weighted by Gasteiger charge is -2.18. The fourth-order valence-corrected chi connectivity index (χ4v) is 2.79. The van der Waals surface area contributed by atoms with Crippen molar-refractivity contribution in [2.75, 3.05) is 7.11 Å². The van der Waals surface area contributed by atoms with Crippen LogP contribution < -0.4 is 5.32 Å². The van der Waals surface area contributed by atoms with Crippen LogP contribution in [-0.2, 0) is 14.3 Å². The Balaban J connectivity index is 2.05. The normalized spacial score (nSPS) is 12.8. The van der Waals surface area contributed by atoms with Crippen LogP contribution in [0, 0.1) is 13.8 Å². The molecule has 144 valence electrons. The monoisotopic (exact) mass is 372 g/mol. The molecule has 2 N–H and O–H groups in total. The molecule has 0 aliphatic rings. The van der Waals surface area contributed by atoms with Crippen molar-refractivity contribution in [3.8, 4) is 0 Å². The number of benzene rings is 1. The number of aromatic nitrogens is 1. The van der Waals surface area contributed by atoms with Gasteiger partial charge in [0.15, 0.2) is 6.10 Å². The summed E-state index contributed by atoms with van der Waals surface area (Å²) >= 11 is 0. The van der Waals surface area contributed by atoms with Gasteiger partial charge < -0.3 is 19.8 Å². The Bertz CT molecular complexity index is 842. The fraction of sp³-hybridized carbons (Fsp3) is 0.350. The van der Waals surface area contributed by atoms with Crippen LogP contribution in [0.2, 0.25) is 0 Å². The van der Waals surface area contributed by atoms with Crippen molar-refractivity contribution in [3.63, 3.8) is 0 Å². The molecule has 0 bridgehead atoms. The smallest absolute Gasteiger partial charge is 0.355 e. The van der Waals surface area contributed by atoms with Gasteiger partial charge in [0.1, 0.15) is 5.69 Å². The molecular weight excluding hydrogens is 348 g/mol. The van der Waals surface area contributed by atoms with Crippen molar-refractivity contribution in [3.05, 3.63) is 58.4 Å². The van der Waals surface area contributed by atoms with Gasteiger partial charge in [-0.25, -0.2) is 9.59 Å². The molecule has 1 heterocycles. The van der Waals surface area contributed by atoms with Crippen LogP contribution in [0.5, 0.6) is 0 Å². The van der Waals surface area contributed by atoms with E-state index in [-0.39, 0.29) is 11.7 Å². The highest BCUT2D eigenvalue weighted by Crippen LogP contribution is 2.20. The predicted molar refractivity (Wildman–Crippen MR) is 99.5 cm³/mol. The van der Waals surface area contributed by atoms with Crippen LogP contribution >= 0.6 is 0 Å². The largest absolute Gasteiger partial charge is 0.465 e. The minimum absolute atomic E-state index is 0.128. The first kappa shape index (κ1) is 20.2. The summed E-state index contributed by atoms with van der Waals surface area (Å²) in [5.41, 5.74) is 2.29. The van der Waals surface area contributed by atoms with E-state index in [2.05, 4.69) is 10.3 Å². The maximum Gasteiger partial charge on any atom is 0.355 e. The molecule has 0 radical (unpaired) electrons. The highest BCUT2D eigenvalue weighted by Gasteiger charge is 2.26. The van der Waals surface area contributed by atoms with Crippen molar-refractivity contribution in [1.29, 1.82) is 0 Å². The second kappa shape index (κ2) is 8.53. The molecule has 2 atom stereocenters. The summed E-state index contributed by atoms with van der Waals surface area (Å²) in [6, 6.07) is 9.25. The van der Waals surface area contributed by atoms with Crippen LogP contribution in [0.25, 0.3) is 0 Å². The molecule has 7 nitrogen and oxygen atoms in total. The number of H-pyrrole nitrogens is 1. The van der Waals surface area contributed by atoms with Crippen molar-refractivity contribution in [2.24, 2.45) is 0 Å². The Morgan fingerprint density at radius 3 is 2.26 bits per heavy atom. The van der Waals surface area contributed by atoms with Gasteiger partial charge in [0.05, 0.1) is 18.7 Å². The lowest BCUT2D eigenvalue weighted by atomic mass is 10.1. The van der Waals surface area contributed by atoms with E-state index in [4.69, 9.17) is 9.47 Å². The molecule has 7 heteroatoms. The second-order valence-electron chi connectivity index (χ2n) is 6.31. The Morgan fingerprint density at radius 1 is 1.04 bits per heavy atom. The summed E-state index contributed by atoms with van der Waals surface area (Å²) in [6.07, 6.45) is -0.992. The minimum Gasteiger partial charge on any atom is -0.465 e. The summed E-state index contributed by atoms with van der Waals surface area (Å²) in [5, 5.41) is 2.81. The van der Waals surface area contributed by atoms with Crippen molar-refractivity contribution >= 4 is 17.8 Å². The third-order valence-electron chi connectivity index (χ3n) is 4.34. The summed E-state index contributed by atoms with van der Waals surface area (Å²) in [4.78, 5) is 39.4. The second-order valence-corrected chi connectivity index (χ2v) is 6.31. The van der Waals surface area contributed by atoms with Gasteiger partial charge in [0.25, 0.3) is 5.91 Å². The Hall–Kier alpha value is -3.09. The number of esters is 2. The molecule has 27 heavy (non-hydrogen) atoms. The predicted octanol–water partition coefficient (Wildman–Crippen LogP) is 2.84. The first-order chi connectivity index (χ1) is 12.8. The highest BCUT2D eigenvalue weighted by atomic mass is 16.5. The third-order valence-corrected chi connectivity index (χ3v) is 4.34. The first-order valence-corrected chi connectivity index (χ1v) is 8.60. The number of aromatic amines is 1. The number of hydrogen-bond acceptors (Lipinski definition) is 5. The molecule has 0 aliphatic carbocycles. The van der Waals surface area contributed by atoms with Gasteiger partial charge in [-0.2, -0.15) is 0 Å². The lowest BCUT2D eigenvalue weighted by molar-refractivity contribution is -0.129. The average molecular weight is 372 g/mol. The van der Waals surface area contributed by atoms with Gasteiger partial charge in [0, 0.05) is 5.69 Å². The summed E-state index contributed by atoms with van der Waals surface area (Å²) < 4.78 is 9.98. The van der Waals surface area contributed by atoms with Crippen LogP contribution in [0.3, 0.4) is 0 Å². The Kier molecular flexibility index (Phi) is 6.39. The van der Waals surface area contributed by atoms with E-state index in [1.54, 1.807) is 13.8 Å². The molecule has 1 aromatic carbocycles. The zero-order valence-electron chi connectivity index (χ0n) is 16.1. The van der Waals surface area contributed by atoms with E-state index in [1.807, 2.05) is 37.3 Å². The molecule has 2 rings (SSSR count). The molecule has 0 saturated carbocycles. The average Bonchev–Trinajstić information content (AvgIpc) is 2.96. The summed E-state index contributed by atoms with van der Waals surface area (Å²) in [6.45, 7) is 6.63. The standard InChI is InChI=1S/C20H24N2O5/c1-11-16(19(24)26-5)13(3)21-17(11)20(25)27-14(4)18(23)22-12(2)15-9-7-6-8-10-15/h6-10,12,14,21H,1-5H3,(H,22,23)/t12-,14+/m0/s1. The molecule has 0 fully saturated rings. The van der Waals surface area contributed by atoms with E-state index in [0.29, 0.717) is 16.8 Å². The van der Waals surface area contributed by atoms with Gasteiger partial charge in [-0.05, 0) is 38.8 Å². The van der Waals surface area contributed by atoms with Crippen LogP contribution in [0.1, 0.15) is 57.6 Å². The van der Waals surface area contributed by atoms with E-state index in [1.165, 1.54) is 14.0 Å². The fourth-order valence-electron chi connectivity index (χ4n) is 2.79. The van der Waals surface area contributed by atoms with Gasteiger partial charge in [-0.15, -0.1) is 0 Å². The SMILES string of the molecule is COC(=O)c1c(C)[nH]c(C(=O)O[C@H](C)C(=O)N[C@@H](C)c2ccccc2)c1C.